The lowest BCUT2D eigenvalue weighted by molar-refractivity contribution is -0.0905. The van der Waals surface area contributed by atoms with Gasteiger partial charge in [-0.1, -0.05) is 0 Å². The molecule has 2 saturated heterocycles. The average molecular weight is 129 g/mol. The van der Waals surface area contributed by atoms with Gasteiger partial charge in [0.05, 0.1) is 13.2 Å². The molecule has 52 valence electrons. The van der Waals surface area contributed by atoms with Gasteiger partial charge in [0.15, 0.2) is 6.29 Å². The van der Waals surface area contributed by atoms with Crippen LogP contribution in [0.15, 0.2) is 0 Å². The van der Waals surface area contributed by atoms with Crippen LogP contribution in [0.4, 0.5) is 0 Å². The number of rotatable bonds is 0. The van der Waals surface area contributed by atoms with Gasteiger partial charge in [-0.25, -0.2) is 0 Å². The summed E-state index contributed by atoms with van der Waals surface area (Å²) in [4.78, 5) is 0. The second-order valence-corrected chi connectivity index (χ2v) is 2.69. The molecule has 3 unspecified atom stereocenters. The predicted molar refractivity (Wildman–Crippen MR) is 31.8 cm³/mol. The second kappa shape index (κ2) is 1.94. The molecule has 3 nitrogen and oxygen atoms in total. The molecule has 9 heavy (non-hydrogen) atoms. The monoisotopic (exact) mass is 129 g/mol. The Morgan fingerprint density at radius 1 is 1.33 bits per heavy atom. The summed E-state index contributed by atoms with van der Waals surface area (Å²) >= 11 is 0. The Kier molecular flexibility index (Phi) is 1.22. The molecule has 0 aliphatic carbocycles. The molecule has 2 aliphatic rings. The van der Waals surface area contributed by atoms with Crippen molar-refractivity contribution >= 4 is 0 Å². The lowest BCUT2D eigenvalue weighted by atomic mass is 10.0. The molecule has 0 aromatic heterocycles. The van der Waals surface area contributed by atoms with Crippen LogP contribution in [0.3, 0.4) is 0 Å². The van der Waals surface area contributed by atoms with E-state index in [2.05, 4.69) is 0 Å². The van der Waals surface area contributed by atoms with Crippen molar-refractivity contribution < 1.29 is 9.47 Å². The molecule has 0 bridgehead atoms. The molecule has 3 atom stereocenters. The van der Waals surface area contributed by atoms with E-state index in [-0.39, 0.29) is 12.3 Å². The van der Waals surface area contributed by atoms with Crippen LogP contribution in [0.2, 0.25) is 0 Å². The first-order valence-electron chi connectivity index (χ1n) is 3.37. The Bertz CT molecular complexity index is 118. The Morgan fingerprint density at radius 2 is 2.22 bits per heavy atom. The Balaban J connectivity index is 2.07. The number of ether oxygens (including phenoxy) is 2. The zero-order valence-corrected chi connectivity index (χ0v) is 5.25. The summed E-state index contributed by atoms with van der Waals surface area (Å²) in [7, 11) is 0. The summed E-state index contributed by atoms with van der Waals surface area (Å²) in [6.45, 7) is 1.50. The van der Waals surface area contributed by atoms with Crippen molar-refractivity contribution in [3.8, 4) is 0 Å². The minimum atomic E-state index is 0.0278. The summed E-state index contributed by atoms with van der Waals surface area (Å²) in [6.07, 6.45) is 1.10. The standard InChI is InChI=1S/C6H11NO2/c7-5-3-9-6-4(5)1-2-8-6/h4-6H,1-3,7H2. The number of hydrogen-bond donors (Lipinski definition) is 1. The molecule has 0 amide bonds. The minimum Gasteiger partial charge on any atom is -0.352 e. The third-order valence-electron chi connectivity index (χ3n) is 2.09. The van der Waals surface area contributed by atoms with Gasteiger partial charge in [-0.05, 0) is 6.42 Å². The van der Waals surface area contributed by atoms with E-state index < -0.39 is 0 Å². The van der Waals surface area contributed by atoms with Crippen LogP contribution in [0.25, 0.3) is 0 Å². The summed E-state index contributed by atoms with van der Waals surface area (Å²) < 4.78 is 10.5. The van der Waals surface area contributed by atoms with Crippen molar-refractivity contribution in [3.05, 3.63) is 0 Å². The van der Waals surface area contributed by atoms with Crippen molar-refractivity contribution in [3.63, 3.8) is 0 Å². The van der Waals surface area contributed by atoms with Gasteiger partial charge in [0.1, 0.15) is 0 Å². The van der Waals surface area contributed by atoms with E-state index >= 15 is 0 Å². The maximum Gasteiger partial charge on any atom is 0.162 e. The van der Waals surface area contributed by atoms with E-state index in [4.69, 9.17) is 15.2 Å². The van der Waals surface area contributed by atoms with E-state index in [1.165, 1.54) is 0 Å². The Morgan fingerprint density at radius 3 is 3.00 bits per heavy atom. The van der Waals surface area contributed by atoms with Gasteiger partial charge < -0.3 is 15.2 Å². The summed E-state index contributed by atoms with van der Waals surface area (Å²) in [5.74, 6) is 0.477. The molecule has 0 spiro atoms. The molecule has 2 heterocycles. The molecule has 0 aromatic carbocycles. The molecule has 0 radical (unpaired) electrons. The highest BCUT2D eigenvalue weighted by Gasteiger charge is 2.39. The fourth-order valence-corrected chi connectivity index (χ4v) is 1.50. The van der Waals surface area contributed by atoms with Crippen LogP contribution in [0, 0.1) is 5.92 Å². The van der Waals surface area contributed by atoms with Crippen LogP contribution in [0.1, 0.15) is 6.42 Å². The first-order valence-corrected chi connectivity index (χ1v) is 3.37. The molecule has 2 fully saturated rings. The Hall–Kier alpha value is -0.120. The molecule has 2 rings (SSSR count). The molecule has 2 aliphatic heterocycles. The van der Waals surface area contributed by atoms with Gasteiger partial charge in [0.2, 0.25) is 0 Å². The fraction of sp³-hybridized carbons (Fsp3) is 1.00. The van der Waals surface area contributed by atoms with Gasteiger partial charge >= 0.3 is 0 Å². The molecule has 2 N–H and O–H groups in total. The lowest BCUT2D eigenvalue weighted by Gasteiger charge is -2.07. The number of nitrogens with two attached hydrogens (primary N) is 1. The minimum absolute atomic E-state index is 0.0278. The smallest absolute Gasteiger partial charge is 0.162 e. The fourth-order valence-electron chi connectivity index (χ4n) is 1.50. The summed E-state index contributed by atoms with van der Waals surface area (Å²) in [5.41, 5.74) is 5.71. The zero-order valence-electron chi connectivity index (χ0n) is 5.25. The van der Waals surface area contributed by atoms with Crippen molar-refractivity contribution in [2.45, 2.75) is 18.8 Å². The third kappa shape index (κ3) is 0.764. The first-order chi connectivity index (χ1) is 4.38. The largest absolute Gasteiger partial charge is 0.352 e. The van der Waals surface area contributed by atoms with Crippen LogP contribution >= 0.6 is 0 Å². The highest BCUT2D eigenvalue weighted by molar-refractivity contribution is 4.84. The normalized spacial score (nSPS) is 49.7. The van der Waals surface area contributed by atoms with Crippen molar-refractivity contribution in [2.24, 2.45) is 11.7 Å². The number of hydrogen-bond acceptors (Lipinski definition) is 3. The van der Waals surface area contributed by atoms with Crippen LogP contribution in [-0.4, -0.2) is 25.5 Å². The highest BCUT2D eigenvalue weighted by Crippen LogP contribution is 2.29. The van der Waals surface area contributed by atoms with E-state index in [0.717, 1.165) is 13.0 Å². The van der Waals surface area contributed by atoms with Gasteiger partial charge in [0.25, 0.3) is 0 Å². The summed E-state index contributed by atoms with van der Waals surface area (Å²) in [6, 6.07) is 0.220. The van der Waals surface area contributed by atoms with E-state index in [0.29, 0.717) is 12.5 Å². The topological polar surface area (TPSA) is 44.5 Å². The van der Waals surface area contributed by atoms with Gasteiger partial charge in [-0.2, -0.15) is 0 Å². The maximum atomic E-state index is 5.71. The summed E-state index contributed by atoms with van der Waals surface area (Å²) in [5, 5.41) is 0. The van der Waals surface area contributed by atoms with Crippen molar-refractivity contribution in [1.29, 1.82) is 0 Å². The quantitative estimate of drug-likeness (QED) is 0.488. The van der Waals surface area contributed by atoms with Gasteiger partial charge in [-0.3, -0.25) is 0 Å². The van der Waals surface area contributed by atoms with Crippen molar-refractivity contribution in [1.82, 2.24) is 0 Å². The van der Waals surface area contributed by atoms with Crippen LogP contribution in [0.5, 0.6) is 0 Å². The van der Waals surface area contributed by atoms with E-state index in [1.807, 2.05) is 0 Å². The van der Waals surface area contributed by atoms with E-state index in [9.17, 15) is 0 Å². The lowest BCUT2D eigenvalue weighted by Crippen LogP contribution is -2.28. The van der Waals surface area contributed by atoms with Crippen LogP contribution in [-0.2, 0) is 9.47 Å². The second-order valence-electron chi connectivity index (χ2n) is 2.69. The molecular formula is C6H11NO2. The number of fused-ring (bicyclic) bond motifs is 1. The Labute approximate surface area is 54.1 Å². The predicted octanol–water partition coefficient (Wildman–Crippen LogP) is -0.294. The first kappa shape index (κ1) is 5.65. The average Bonchev–Trinajstić information content (AvgIpc) is 2.35. The van der Waals surface area contributed by atoms with Gasteiger partial charge in [-0.15, -0.1) is 0 Å². The zero-order chi connectivity index (χ0) is 6.27. The van der Waals surface area contributed by atoms with Crippen LogP contribution < -0.4 is 5.73 Å². The SMILES string of the molecule is NC1COC2OCCC12. The van der Waals surface area contributed by atoms with E-state index in [1.54, 1.807) is 0 Å². The van der Waals surface area contributed by atoms with Gasteiger partial charge in [0, 0.05) is 12.0 Å². The van der Waals surface area contributed by atoms with Crippen molar-refractivity contribution in [2.75, 3.05) is 13.2 Å². The maximum absolute atomic E-state index is 5.71. The molecular weight excluding hydrogens is 118 g/mol. The molecule has 0 saturated carbocycles. The highest BCUT2D eigenvalue weighted by atomic mass is 16.7. The third-order valence-corrected chi connectivity index (χ3v) is 2.09. The molecule has 0 aromatic rings. The molecule has 3 heteroatoms.